The van der Waals surface area contributed by atoms with Crippen LogP contribution in [-0.2, 0) is 9.53 Å². The molecule has 5 atom stereocenters. The molecule has 2 bridgehead atoms. The lowest BCUT2D eigenvalue weighted by atomic mass is 9.84. The van der Waals surface area contributed by atoms with Crippen molar-refractivity contribution in [2.45, 2.75) is 31.3 Å². The van der Waals surface area contributed by atoms with Crippen LogP contribution in [0.2, 0.25) is 0 Å². The molecule has 3 fully saturated rings. The van der Waals surface area contributed by atoms with Crippen LogP contribution in [0.25, 0.3) is 0 Å². The summed E-state index contributed by atoms with van der Waals surface area (Å²) < 4.78 is 5.51. The number of fused-ring (bicyclic) bond motifs is 2. The van der Waals surface area contributed by atoms with Crippen LogP contribution in [0, 0.1) is 17.8 Å². The van der Waals surface area contributed by atoms with E-state index in [4.69, 9.17) is 10.5 Å². The zero-order chi connectivity index (χ0) is 17.4. The van der Waals surface area contributed by atoms with Crippen LogP contribution in [-0.4, -0.2) is 61.6 Å². The number of likely N-dealkylation sites (N-methyl/N-ethyl adjacent to an activating group) is 1. The van der Waals surface area contributed by atoms with E-state index in [0.29, 0.717) is 11.8 Å². The molecule has 5 unspecified atom stereocenters. The molecular weight excluding hydrogens is 405 g/mol. The summed E-state index contributed by atoms with van der Waals surface area (Å²) in [6, 6.07) is 4.61. The third kappa shape index (κ3) is 4.62. The second kappa shape index (κ2) is 9.90. The minimum atomic E-state index is 0. The van der Waals surface area contributed by atoms with Crippen LogP contribution in [0.5, 0.6) is 0 Å². The SMILES string of the molecule is CN(CC(c1cccs1)N1CCOCC1)C(=O)C1C2CCC(C2)C1N.Cl.Cl. The van der Waals surface area contributed by atoms with Crippen molar-refractivity contribution in [3.63, 3.8) is 0 Å². The van der Waals surface area contributed by atoms with Crippen LogP contribution in [0.15, 0.2) is 17.5 Å². The van der Waals surface area contributed by atoms with Crippen LogP contribution in [0.3, 0.4) is 0 Å². The van der Waals surface area contributed by atoms with Gasteiger partial charge in [0.15, 0.2) is 0 Å². The normalized spacial score (nSPS) is 31.0. The number of ether oxygens (including phenoxy) is 1. The highest BCUT2D eigenvalue weighted by Crippen LogP contribution is 2.48. The Bertz CT molecular complexity index is 596. The van der Waals surface area contributed by atoms with Crippen LogP contribution in [0.4, 0.5) is 0 Å². The highest BCUT2D eigenvalue weighted by molar-refractivity contribution is 7.10. The van der Waals surface area contributed by atoms with Crippen molar-refractivity contribution in [3.05, 3.63) is 22.4 Å². The van der Waals surface area contributed by atoms with E-state index in [-0.39, 0.29) is 48.7 Å². The minimum Gasteiger partial charge on any atom is -0.379 e. The molecule has 1 saturated heterocycles. The van der Waals surface area contributed by atoms with Crippen LogP contribution in [0.1, 0.15) is 30.2 Å². The molecule has 2 heterocycles. The fourth-order valence-corrected chi connectivity index (χ4v) is 5.91. The number of nitrogens with two attached hydrogens (primary N) is 1. The van der Waals surface area contributed by atoms with E-state index < -0.39 is 0 Å². The first kappa shape index (κ1) is 22.9. The predicted molar refractivity (Wildman–Crippen MR) is 114 cm³/mol. The van der Waals surface area contributed by atoms with Gasteiger partial charge in [-0.3, -0.25) is 9.69 Å². The van der Waals surface area contributed by atoms with E-state index in [1.54, 1.807) is 11.3 Å². The molecule has 8 heteroatoms. The highest BCUT2D eigenvalue weighted by atomic mass is 35.5. The fraction of sp³-hybridized carbons (Fsp3) is 0.737. The van der Waals surface area contributed by atoms with Crippen LogP contribution < -0.4 is 5.73 Å². The number of morpholine rings is 1. The molecule has 1 aliphatic heterocycles. The molecule has 2 aliphatic carbocycles. The molecule has 0 spiro atoms. The maximum absolute atomic E-state index is 13.1. The van der Waals surface area contributed by atoms with Gasteiger partial charge in [0.1, 0.15) is 0 Å². The van der Waals surface area contributed by atoms with Gasteiger partial charge < -0.3 is 15.4 Å². The zero-order valence-electron chi connectivity index (χ0n) is 15.8. The van der Waals surface area contributed by atoms with Gasteiger partial charge in [-0.2, -0.15) is 0 Å². The van der Waals surface area contributed by atoms with Crippen molar-refractivity contribution in [2.24, 2.45) is 23.5 Å². The van der Waals surface area contributed by atoms with E-state index >= 15 is 0 Å². The average Bonchev–Trinajstić information content (AvgIpc) is 3.37. The lowest BCUT2D eigenvalue weighted by Crippen LogP contribution is -2.49. The summed E-state index contributed by atoms with van der Waals surface area (Å²) >= 11 is 1.78. The number of carbonyl (C=O) groups excluding carboxylic acids is 1. The summed E-state index contributed by atoms with van der Waals surface area (Å²) in [6.07, 6.45) is 3.55. The van der Waals surface area contributed by atoms with Gasteiger partial charge in [-0.1, -0.05) is 6.07 Å². The molecule has 2 N–H and O–H groups in total. The predicted octanol–water partition coefficient (Wildman–Crippen LogP) is 2.80. The van der Waals surface area contributed by atoms with Crippen molar-refractivity contribution >= 4 is 42.1 Å². The number of nitrogens with zero attached hydrogens (tertiary/aromatic N) is 2. The molecule has 1 aromatic heterocycles. The smallest absolute Gasteiger partial charge is 0.227 e. The second-order valence-electron chi connectivity index (χ2n) is 7.83. The molecule has 27 heavy (non-hydrogen) atoms. The summed E-state index contributed by atoms with van der Waals surface area (Å²) in [4.78, 5) is 18.9. The monoisotopic (exact) mass is 435 g/mol. The Morgan fingerprint density at radius 1 is 1.33 bits per heavy atom. The van der Waals surface area contributed by atoms with Crippen molar-refractivity contribution in [2.75, 3.05) is 39.9 Å². The number of hydrogen-bond donors (Lipinski definition) is 1. The quantitative estimate of drug-likeness (QED) is 0.771. The molecule has 2 saturated carbocycles. The van der Waals surface area contributed by atoms with Gasteiger partial charge in [-0.05, 0) is 42.5 Å². The third-order valence-electron chi connectivity index (χ3n) is 6.45. The van der Waals surface area contributed by atoms with Crippen molar-refractivity contribution in [1.29, 1.82) is 0 Å². The van der Waals surface area contributed by atoms with E-state index in [1.807, 2.05) is 11.9 Å². The number of rotatable bonds is 5. The van der Waals surface area contributed by atoms with Gasteiger partial charge >= 0.3 is 0 Å². The number of thiophene rings is 1. The topological polar surface area (TPSA) is 58.8 Å². The Balaban J connectivity index is 0.00000131. The van der Waals surface area contributed by atoms with Gasteiger partial charge in [0.05, 0.1) is 25.2 Å². The largest absolute Gasteiger partial charge is 0.379 e. The Morgan fingerprint density at radius 2 is 2.04 bits per heavy atom. The number of hydrogen-bond acceptors (Lipinski definition) is 5. The Kier molecular flexibility index (Phi) is 8.40. The van der Waals surface area contributed by atoms with Gasteiger partial charge in [0.25, 0.3) is 0 Å². The van der Waals surface area contributed by atoms with Gasteiger partial charge in [-0.15, -0.1) is 36.2 Å². The van der Waals surface area contributed by atoms with Crippen molar-refractivity contribution in [3.8, 4) is 0 Å². The Morgan fingerprint density at radius 3 is 2.63 bits per heavy atom. The average molecular weight is 436 g/mol. The number of amides is 1. The van der Waals surface area contributed by atoms with E-state index in [9.17, 15) is 4.79 Å². The number of carbonyl (C=O) groups is 1. The minimum absolute atomic E-state index is 0. The first-order valence-corrected chi connectivity index (χ1v) is 10.4. The fourth-order valence-electron chi connectivity index (χ4n) is 5.06. The molecule has 1 amide bonds. The second-order valence-corrected chi connectivity index (χ2v) is 8.81. The molecule has 154 valence electrons. The standard InChI is InChI=1S/C19H29N3O2S.2ClH/c1-21(19(23)17-13-4-5-14(11-13)18(17)20)12-15(16-3-2-10-25-16)22-6-8-24-9-7-22;;/h2-3,10,13-15,17-18H,4-9,11-12,20H2,1H3;2*1H. The summed E-state index contributed by atoms with van der Waals surface area (Å²) in [5.41, 5.74) is 6.40. The summed E-state index contributed by atoms with van der Waals surface area (Å²) in [6.45, 7) is 4.14. The Labute approximate surface area is 178 Å². The van der Waals surface area contributed by atoms with Gasteiger partial charge in [0, 0.05) is 37.6 Å². The van der Waals surface area contributed by atoms with Crippen molar-refractivity contribution in [1.82, 2.24) is 9.80 Å². The molecule has 0 radical (unpaired) electrons. The van der Waals surface area contributed by atoms with E-state index in [1.165, 1.54) is 17.7 Å². The third-order valence-corrected chi connectivity index (χ3v) is 7.42. The summed E-state index contributed by atoms with van der Waals surface area (Å²) in [7, 11) is 1.96. The molecular formula is C19H31Cl2N3O2S. The first-order valence-electron chi connectivity index (χ1n) is 9.51. The Hall–Kier alpha value is -0.370. The molecule has 0 aromatic carbocycles. The highest BCUT2D eigenvalue weighted by Gasteiger charge is 2.50. The maximum atomic E-state index is 13.1. The first-order chi connectivity index (χ1) is 12.1. The van der Waals surface area contributed by atoms with Crippen LogP contribution >= 0.6 is 36.2 Å². The molecule has 5 nitrogen and oxygen atoms in total. The summed E-state index contributed by atoms with van der Waals surface area (Å²) in [5, 5.41) is 2.12. The molecule has 1 aromatic rings. The maximum Gasteiger partial charge on any atom is 0.227 e. The van der Waals surface area contributed by atoms with E-state index in [0.717, 1.165) is 39.3 Å². The molecule has 3 aliphatic rings. The lowest BCUT2D eigenvalue weighted by Gasteiger charge is -2.38. The van der Waals surface area contributed by atoms with Crippen molar-refractivity contribution < 1.29 is 9.53 Å². The lowest BCUT2D eigenvalue weighted by molar-refractivity contribution is -0.137. The van der Waals surface area contributed by atoms with Gasteiger partial charge in [-0.25, -0.2) is 0 Å². The molecule has 4 rings (SSSR count). The van der Waals surface area contributed by atoms with Gasteiger partial charge in [0.2, 0.25) is 5.91 Å². The zero-order valence-corrected chi connectivity index (χ0v) is 18.2. The number of halogens is 2. The van der Waals surface area contributed by atoms with E-state index in [2.05, 4.69) is 22.4 Å². The summed E-state index contributed by atoms with van der Waals surface area (Å²) in [5.74, 6) is 1.38.